The molecule has 2 rings (SSSR count). The molecular formula is C11H16BrNO. The molecule has 1 aliphatic rings. The molecule has 1 aromatic rings. The third kappa shape index (κ3) is 2.41. The highest BCUT2D eigenvalue weighted by Crippen LogP contribution is 2.33. The Balaban J connectivity index is 0.000000461. The zero-order chi connectivity index (χ0) is 10.6. The number of aryl methyl sites for hydroxylation is 1. The van der Waals surface area contributed by atoms with Gasteiger partial charge in [-0.3, -0.25) is 0 Å². The van der Waals surface area contributed by atoms with Crippen LogP contribution in [0.3, 0.4) is 0 Å². The van der Waals surface area contributed by atoms with Crippen molar-refractivity contribution in [1.29, 1.82) is 0 Å². The number of rotatable bonds is 0. The first kappa shape index (κ1) is 11.4. The van der Waals surface area contributed by atoms with Crippen LogP contribution in [-0.2, 0) is 0 Å². The standard InChI is InChI=1S/C9H10BrNO.C2H6/c1-6-4-7(10)5-8-9(6)11-2-3-12-8;1-2/h4-5,11H,2-3H2,1H3;1-2H3. The van der Waals surface area contributed by atoms with Crippen LogP contribution in [0.25, 0.3) is 0 Å². The Labute approximate surface area is 93.8 Å². The van der Waals surface area contributed by atoms with Gasteiger partial charge < -0.3 is 10.1 Å². The average Bonchev–Trinajstić information content (AvgIpc) is 2.20. The Bertz CT molecular complexity index is 312. The van der Waals surface area contributed by atoms with E-state index in [0.717, 1.165) is 29.1 Å². The third-order valence-electron chi connectivity index (χ3n) is 1.93. The maximum atomic E-state index is 5.49. The van der Waals surface area contributed by atoms with E-state index >= 15 is 0 Å². The number of fused-ring (bicyclic) bond motifs is 1. The molecule has 1 aromatic carbocycles. The van der Waals surface area contributed by atoms with E-state index in [1.807, 2.05) is 19.9 Å². The van der Waals surface area contributed by atoms with Crippen LogP contribution in [0.1, 0.15) is 19.4 Å². The van der Waals surface area contributed by atoms with Gasteiger partial charge in [0, 0.05) is 11.0 Å². The molecule has 0 bridgehead atoms. The maximum absolute atomic E-state index is 5.49. The Morgan fingerprint density at radius 2 is 2.07 bits per heavy atom. The van der Waals surface area contributed by atoms with Gasteiger partial charge in [-0.05, 0) is 24.6 Å². The van der Waals surface area contributed by atoms with E-state index in [9.17, 15) is 0 Å². The number of nitrogens with one attached hydrogen (secondary N) is 1. The molecule has 2 nitrogen and oxygen atoms in total. The molecule has 1 N–H and O–H groups in total. The third-order valence-corrected chi connectivity index (χ3v) is 2.38. The Morgan fingerprint density at radius 3 is 2.79 bits per heavy atom. The largest absolute Gasteiger partial charge is 0.490 e. The fraction of sp³-hybridized carbons (Fsp3) is 0.455. The molecule has 0 radical (unpaired) electrons. The van der Waals surface area contributed by atoms with Gasteiger partial charge in [0.15, 0.2) is 0 Å². The zero-order valence-corrected chi connectivity index (χ0v) is 10.4. The van der Waals surface area contributed by atoms with Crippen molar-refractivity contribution in [1.82, 2.24) is 0 Å². The van der Waals surface area contributed by atoms with Crippen molar-refractivity contribution in [2.45, 2.75) is 20.8 Å². The van der Waals surface area contributed by atoms with Crippen LogP contribution >= 0.6 is 15.9 Å². The summed E-state index contributed by atoms with van der Waals surface area (Å²) in [5, 5.41) is 3.31. The SMILES string of the molecule is CC.Cc1cc(Br)cc2c1NCCO2. The Kier molecular flexibility index (Phi) is 4.26. The Morgan fingerprint density at radius 1 is 1.36 bits per heavy atom. The second-order valence-corrected chi connectivity index (χ2v) is 3.79. The van der Waals surface area contributed by atoms with Crippen LogP contribution in [0.5, 0.6) is 5.75 Å². The lowest BCUT2D eigenvalue weighted by atomic mass is 10.1. The summed E-state index contributed by atoms with van der Waals surface area (Å²) in [5.74, 6) is 0.952. The van der Waals surface area contributed by atoms with Crippen molar-refractivity contribution in [3.63, 3.8) is 0 Å². The van der Waals surface area contributed by atoms with Crippen molar-refractivity contribution < 1.29 is 4.74 Å². The molecule has 0 amide bonds. The highest BCUT2D eigenvalue weighted by molar-refractivity contribution is 9.10. The number of hydrogen-bond acceptors (Lipinski definition) is 2. The number of hydrogen-bond donors (Lipinski definition) is 1. The summed E-state index contributed by atoms with van der Waals surface area (Å²) in [6.45, 7) is 7.73. The minimum absolute atomic E-state index is 0.753. The normalized spacial score (nSPS) is 12.9. The summed E-state index contributed by atoms with van der Waals surface area (Å²) < 4.78 is 6.56. The van der Waals surface area contributed by atoms with Gasteiger partial charge in [-0.1, -0.05) is 29.8 Å². The van der Waals surface area contributed by atoms with Crippen molar-refractivity contribution in [3.8, 4) is 5.75 Å². The van der Waals surface area contributed by atoms with Crippen molar-refractivity contribution >= 4 is 21.6 Å². The van der Waals surface area contributed by atoms with E-state index in [1.54, 1.807) is 0 Å². The predicted molar refractivity (Wildman–Crippen MR) is 64.2 cm³/mol. The van der Waals surface area contributed by atoms with Gasteiger partial charge in [-0.2, -0.15) is 0 Å². The van der Waals surface area contributed by atoms with Gasteiger partial charge in [0.05, 0.1) is 5.69 Å². The molecule has 0 saturated heterocycles. The smallest absolute Gasteiger partial charge is 0.143 e. The summed E-state index contributed by atoms with van der Waals surface area (Å²) in [7, 11) is 0. The summed E-state index contributed by atoms with van der Waals surface area (Å²) in [6.07, 6.45) is 0. The van der Waals surface area contributed by atoms with Gasteiger partial charge in [0.25, 0.3) is 0 Å². The molecule has 0 fully saturated rings. The molecule has 78 valence electrons. The predicted octanol–water partition coefficient (Wildman–Crippen LogP) is 3.59. The molecular weight excluding hydrogens is 242 g/mol. The molecule has 0 aromatic heterocycles. The molecule has 14 heavy (non-hydrogen) atoms. The van der Waals surface area contributed by atoms with Crippen LogP contribution in [0, 0.1) is 6.92 Å². The minimum atomic E-state index is 0.753. The summed E-state index contributed by atoms with van der Waals surface area (Å²) in [4.78, 5) is 0. The first-order chi connectivity index (χ1) is 6.77. The monoisotopic (exact) mass is 257 g/mol. The van der Waals surface area contributed by atoms with Gasteiger partial charge in [-0.25, -0.2) is 0 Å². The van der Waals surface area contributed by atoms with Crippen LogP contribution in [0.4, 0.5) is 5.69 Å². The van der Waals surface area contributed by atoms with Gasteiger partial charge in [0.1, 0.15) is 12.4 Å². The lowest BCUT2D eigenvalue weighted by molar-refractivity contribution is 0.323. The van der Waals surface area contributed by atoms with E-state index in [1.165, 1.54) is 5.56 Å². The highest BCUT2D eigenvalue weighted by atomic mass is 79.9. The molecule has 0 saturated carbocycles. The lowest BCUT2D eigenvalue weighted by Gasteiger charge is -2.21. The Hall–Kier alpha value is -0.700. The summed E-state index contributed by atoms with van der Waals surface area (Å²) >= 11 is 3.43. The number of halogens is 1. The van der Waals surface area contributed by atoms with Crippen LogP contribution in [-0.4, -0.2) is 13.2 Å². The van der Waals surface area contributed by atoms with Crippen molar-refractivity contribution in [3.05, 3.63) is 22.2 Å². The number of benzene rings is 1. The quantitative estimate of drug-likeness (QED) is 0.767. The van der Waals surface area contributed by atoms with Crippen molar-refractivity contribution in [2.75, 3.05) is 18.5 Å². The van der Waals surface area contributed by atoms with E-state index in [0.29, 0.717) is 0 Å². The molecule has 1 aliphatic heterocycles. The first-order valence-electron chi connectivity index (χ1n) is 4.94. The van der Waals surface area contributed by atoms with E-state index in [-0.39, 0.29) is 0 Å². The second-order valence-electron chi connectivity index (χ2n) is 2.87. The molecule has 3 heteroatoms. The fourth-order valence-corrected chi connectivity index (χ4v) is 1.94. The zero-order valence-electron chi connectivity index (χ0n) is 8.86. The lowest BCUT2D eigenvalue weighted by Crippen LogP contribution is -2.18. The van der Waals surface area contributed by atoms with E-state index in [2.05, 4.69) is 34.2 Å². The molecule has 0 spiro atoms. The van der Waals surface area contributed by atoms with Gasteiger partial charge in [0.2, 0.25) is 0 Å². The second kappa shape index (κ2) is 5.25. The highest BCUT2D eigenvalue weighted by Gasteiger charge is 2.11. The minimum Gasteiger partial charge on any atom is -0.490 e. The van der Waals surface area contributed by atoms with E-state index < -0.39 is 0 Å². The molecule has 1 heterocycles. The average molecular weight is 258 g/mol. The molecule has 0 aliphatic carbocycles. The van der Waals surface area contributed by atoms with Crippen molar-refractivity contribution in [2.24, 2.45) is 0 Å². The number of anilines is 1. The van der Waals surface area contributed by atoms with Gasteiger partial charge in [-0.15, -0.1) is 0 Å². The van der Waals surface area contributed by atoms with Gasteiger partial charge >= 0.3 is 0 Å². The molecule has 0 unspecified atom stereocenters. The fourth-order valence-electron chi connectivity index (χ4n) is 1.39. The summed E-state index contributed by atoms with van der Waals surface area (Å²) in [6, 6.07) is 4.08. The summed E-state index contributed by atoms with van der Waals surface area (Å²) in [5.41, 5.74) is 2.35. The van der Waals surface area contributed by atoms with Crippen LogP contribution in [0.15, 0.2) is 16.6 Å². The molecule has 0 atom stereocenters. The number of ether oxygens (including phenoxy) is 1. The topological polar surface area (TPSA) is 21.3 Å². The van der Waals surface area contributed by atoms with E-state index in [4.69, 9.17) is 4.74 Å². The van der Waals surface area contributed by atoms with Crippen LogP contribution < -0.4 is 10.1 Å². The van der Waals surface area contributed by atoms with Crippen LogP contribution in [0.2, 0.25) is 0 Å². The first-order valence-corrected chi connectivity index (χ1v) is 5.73. The maximum Gasteiger partial charge on any atom is 0.143 e.